The topological polar surface area (TPSA) is 42.0 Å². The molecular weight excluding hydrogens is 340 g/mol. The van der Waals surface area contributed by atoms with Gasteiger partial charge >= 0.3 is 0 Å². The predicted octanol–water partition coefficient (Wildman–Crippen LogP) is 4.49. The number of nitrogens with zero attached hydrogens (tertiary/aromatic N) is 1. The fourth-order valence-electron chi connectivity index (χ4n) is 2.41. The Morgan fingerprint density at radius 2 is 1.82 bits per heavy atom. The van der Waals surface area contributed by atoms with E-state index in [4.69, 9.17) is 0 Å². The molecule has 1 N–H and O–H groups in total. The van der Waals surface area contributed by atoms with Gasteiger partial charge in [-0.1, -0.05) is 52.3 Å². The summed E-state index contributed by atoms with van der Waals surface area (Å²) in [6.45, 7) is 1.97. The number of nitrogens with one attached hydrogen (secondary N) is 1. The lowest BCUT2D eigenvalue weighted by Crippen LogP contribution is -2.26. The molecule has 1 atom stereocenters. The molecule has 1 heterocycles. The second-order valence-electron chi connectivity index (χ2n) is 5.15. The highest BCUT2D eigenvalue weighted by Gasteiger charge is 2.14. The fraction of sp³-hybridized carbons (Fsp3) is 0.111. The molecular formula is C18H15BrN2O. The molecule has 3 nitrogen and oxygen atoms in total. The minimum Gasteiger partial charge on any atom is -0.345 e. The van der Waals surface area contributed by atoms with Gasteiger partial charge in [0.15, 0.2) is 0 Å². The molecule has 3 aromatic rings. The summed E-state index contributed by atoms with van der Waals surface area (Å²) in [5.41, 5.74) is 1.66. The number of benzene rings is 2. The van der Waals surface area contributed by atoms with E-state index < -0.39 is 0 Å². The van der Waals surface area contributed by atoms with Crippen molar-refractivity contribution in [1.82, 2.24) is 10.3 Å². The van der Waals surface area contributed by atoms with Crippen molar-refractivity contribution in [1.29, 1.82) is 0 Å². The van der Waals surface area contributed by atoms with Crippen LogP contribution in [0.2, 0.25) is 0 Å². The van der Waals surface area contributed by atoms with Gasteiger partial charge in [-0.3, -0.25) is 9.78 Å². The van der Waals surface area contributed by atoms with Crippen molar-refractivity contribution in [3.63, 3.8) is 0 Å². The Kier molecular flexibility index (Phi) is 4.20. The Morgan fingerprint density at radius 3 is 2.59 bits per heavy atom. The van der Waals surface area contributed by atoms with Gasteiger partial charge in [0, 0.05) is 22.3 Å². The first-order chi connectivity index (χ1) is 10.6. The smallest absolute Gasteiger partial charge is 0.253 e. The maximum atomic E-state index is 12.5. The summed E-state index contributed by atoms with van der Waals surface area (Å²) in [6.07, 6.45) is 3.39. The molecule has 0 aliphatic heterocycles. The van der Waals surface area contributed by atoms with Crippen LogP contribution in [-0.4, -0.2) is 10.9 Å². The van der Waals surface area contributed by atoms with Crippen molar-refractivity contribution in [3.05, 3.63) is 76.5 Å². The van der Waals surface area contributed by atoms with Crippen LogP contribution >= 0.6 is 15.9 Å². The van der Waals surface area contributed by atoms with Crippen LogP contribution in [0.15, 0.2) is 65.4 Å². The van der Waals surface area contributed by atoms with Crippen LogP contribution < -0.4 is 5.32 Å². The Labute approximate surface area is 137 Å². The number of rotatable bonds is 3. The van der Waals surface area contributed by atoms with Gasteiger partial charge in [-0.05, 0) is 30.0 Å². The first-order valence-electron chi connectivity index (χ1n) is 7.04. The highest BCUT2D eigenvalue weighted by Crippen LogP contribution is 2.20. The van der Waals surface area contributed by atoms with Crippen molar-refractivity contribution in [2.75, 3.05) is 0 Å². The number of amides is 1. The van der Waals surface area contributed by atoms with Gasteiger partial charge in [0.2, 0.25) is 0 Å². The standard InChI is InChI=1S/C18H15BrN2O/c1-12(13-6-8-15(19)9-7-13)21-18(22)17-11-20-10-14-4-2-3-5-16(14)17/h2-12H,1H3,(H,21,22). The zero-order valence-corrected chi connectivity index (χ0v) is 13.7. The molecule has 1 aromatic heterocycles. The van der Waals surface area contributed by atoms with Crippen molar-refractivity contribution in [2.24, 2.45) is 0 Å². The SMILES string of the molecule is CC(NC(=O)c1cncc2ccccc12)c1ccc(Br)cc1. The van der Waals surface area contributed by atoms with E-state index in [-0.39, 0.29) is 11.9 Å². The molecule has 3 rings (SSSR count). The number of hydrogen-bond acceptors (Lipinski definition) is 2. The third-order valence-corrected chi connectivity index (χ3v) is 4.16. The van der Waals surface area contributed by atoms with Crippen molar-refractivity contribution in [3.8, 4) is 0 Å². The Bertz CT molecular complexity index is 809. The molecule has 0 fully saturated rings. The first-order valence-corrected chi connectivity index (χ1v) is 7.83. The molecule has 0 saturated heterocycles. The number of carbonyl (C=O) groups is 1. The second-order valence-corrected chi connectivity index (χ2v) is 6.07. The van der Waals surface area contributed by atoms with Gasteiger partial charge in [-0.2, -0.15) is 0 Å². The van der Waals surface area contributed by atoms with Gasteiger partial charge < -0.3 is 5.32 Å². The first kappa shape index (κ1) is 14.7. The van der Waals surface area contributed by atoms with Crippen LogP contribution in [0.3, 0.4) is 0 Å². The van der Waals surface area contributed by atoms with Gasteiger partial charge in [0.1, 0.15) is 0 Å². The highest BCUT2D eigenvalue weighted by molar-refractivity contribution is 9.10. The van der Waals surface area contributed by atoms with E-state index >= 15 is 0 Å². The van der Waals surface area contributed by atoms with E-state index in [1.807, 2.05) is 55.5 Å². The zero-order chi connectivity index (χ0) is 15.5. The highest BCUT2D eigenvalue weighted by atomic mass is 79.9. The van der Waals surface area contributed by atoms with E-state index in [2.05, 4.69) is 26.2 Å². The average molecular weight is 355 g/mol. The average Bonchev–Trinajstić information content (AvgIpc) is 2.54. The fourth-order valence-corrected chi connectivity index (χ4v) is 2.67. The molecule has 1 amide bonds. The molecule has 22 heavy (non-hydrogen) atoms. The summed E-state index contributed by atoms with van der Waals surface area (Å²) >= 11 is 3.41. The van der Waals surface area contributed by atoms with Gasteiger partial charge in [-0.15, -0.1) is 0 Å². The quantitative estimate of drug-likeness (QED) is 0.752. The van der Waals surface area contributed by atoms with Gasteiger partial charge in [-0.25, -0.2) is 0 Å². The molecule has 1 unspecified atom stereocenters. The second kappa shape index (κ2) is 6.28. The minimum atomic E-state index is -0.111. The largest absolute Gasteiger partial charge is 0.345 e. The Hall–Kier alpha value is -2.20. The van der Waals surface area contributed by atoms with Gasteiger partial charge in [0.05, 0.1) is 11.6 Å². The molecule has 0 radical (unpaired) electrons. The molecule has 0 bridgehead atoms. The normalized spacial score (nSPS) is 12.1. The van der Waals surface area contributed by atoms with Crippen LogP contribution in [0.4, 0.5) is 0 Å². The summed E-state index contributed by atoms with van der Waals surface area (Å²) < 4.78 is 1.02. The summed E-state index contributed by atoms with van der Waals surface area (Å²) in [5.74, 6) is -0.111. The molecule has 4 heteroatoms. The zero-order valence-electron chi connectivity index (χ0n) is 12.1. The molecule has 0 saturated carbocycles. The molecule has 2 aromatic carbocycles. The maximum Gasteiger partial charge on any atom is 0.253 e. The minimum absolute atomic E-state index is 0.0698. The van der Waals surface area contributed by atoms with Crippen LogP contribution in [0, 0.1) is 0 Å². The summed E-state index contributed by atoms with van der Waals surface area (Å²) in [6, 6.07) is 15.6. The summed E-state index contributed by atoms with van der Waals surface area (Å²) in [4.78, 5) is 16.7. The number of pyridine rings is 1. The Balaban J connectivity index is 1.85. The van der Waals surface area contributed by atoms with Crippen molar-refractivity contribution < 1.29 is 4.79 Å². The van der Waals surface area contributed by atoms with Crippen molar-refractivity contribution in [2.45, 2.75) is 13.0 Å². The van der Waals surface area contributed by atoms with Crippen molar-refractivity contribution >= 4 is 32.6 Å². The Morgan fingerprint density at radius 1 is 1.09 bits per heavy atom. The van der Waals surface area contributed by atoms with E-state index in [1.54, 1.807) is 12.4 Å². The van der Waals surface area contributed by atoms with Crippen LogP contribution in [-0.2, 0) is 0 Å². The maximum absolute atomic E-state index is 12.5. The summed E-state index contributed by atoms with van der Waals surface area (Å²) in [7, 11) is 0. The number of halogens is 1. The van der Waals surface area contributed by atoms with E-state index in [0.717, 1.165) is 20.8 Å². The summed E-state index contributed by atoms with van der Waals surface area (Å²) in [5, 5.41) is 4.91. The molecule has 0 aliphatic rings. The van der Waals surface area contributed by atoms with Crippen LogP contribution in [0.1, 0.15) is 28.9 Å². The molecule has 0 spiro atoms. The lowest BCUT2D eigenvalue weighted by molar-refractivity contribution is 0.0941. The molecule has 0 aliphatic carbocycles. The third kappa shape index (κ3) is 3.02. The number of carbonyl (C=O) groups excluding carboxylic acids is 1. The van der Waals surface area contributed by atoms with Crippen LogP contribution in [0.5, 0.6) is 0 Å². The van der Waals surface area contributed by atoms with E-state index in [9.17, 15) is 4.79 Å². The lowest BCUT2D eigenvalue weighted by atomic mass is 10.1. The van der Waals surface area contributed by atoms with E-state index in [1.165, 1.54) is 0 Å². The number of aromatic nitrogens is 1. The predicted molar refractivity (Wildman–Crippen MR) is 91.8 cm³/mol. The van der Waals surface area contributed by atoms with Crippen LogP contribution in [0.25, 0.3) is 10.8 Å². The number of fused-ring (bicyclic) bond motifs is 1. The lowest BCUT2D eigenvalue weighted by Gasteiger charge is -2.15. The van der Waals surface area contributed by atoms with E-state index in [0.29, 0.717) is 5.56 Å². The third-order valence-electron chi connectivity index (χ3n) is 3.63. The van der Waals surface area contributed by atoms with Gasteiger partial charge in [0.25, 0.3) is 5.91 Å². The monoisotopic (exact) mass is 354 g/mol. The molecule has 110 valence electrons. The number of hydrogen-bond donors (Lipinski definition) is 1.